The molecule has 21 heavy (non-hydrogen) atoms. The fourth-order valence-electron chi connectivity index (χ4n) is 2.38. The summed E-state index contributed by atoms with van der Waals surface area (Å²) in [4.78, 5) is 22.2. The minimum Gasteiger partial charge on any atom is -0.478 e. The predicted octanol–water partition coefficient (Wildman–Crippen LogP) is 0.413. The Morgan fingerprint density at radius 2 is 1.81 bits per heavy atom. The summed E-state index contributed by atoms with van der Waals surface area (Å²) >= 11 is 0. The van der Waals surface area contributed by atoms with E-state index in [1.807, 2.05) is 0 Å². The minimum absolute atomic E-state index is 0.000884. The molecule has 0 saturated carbocycles. The van der Waals surface area contributed by atoms with Gasteiger partial charge in [0.2, 0.25) is 15.9 Å². The SMILES string of the molecule is NC(=O)C1CCCCN1S(=O)(=O)c1ccc(C(=O)O)cc1. The van der Waals surface area contributed by atoms with Gasteiger partial charge in [0, 0.05) is 6.54 Å². The Morgan fingerprint density at radius 3 is 2.33 bits per heavy atom. The lowest BCUT2D eigenvalue weighted by Crippen LogP contribution is -2.50. The second-order valence-electron chi connectivity index (χ2n) is 4.86. The van der Waals surface area contributed by atoms with Crippen LogP contribution in [0.25, 0.3) is 0 Å². The van der Waals surface area contributed by atoms with Crippen molar-refractivity contribution in [3.05, 3.63) is 29.8 Å². The van der Waals surface area contributed by atoms with E-state index in [0.717, 1.165) is 10.7 Å². The molecule has 0 spiro atoms. The molecule has 0 aromatic heterocycles. The van der Waals surface area contributed by atoms with Crippen molar-refractivity contribution in [1.82, 2.24) is 4.31 Å². The average molecular weight is 312 g/mol. The van der Waals surface area contributed by atoms with Gasteiger partial charge < -0.3 is 10.8 Å². The van der Waals surface area contributed by atoms with Crippen molar-refractivity contribution in [3.8, 4) is 0 Å². The number of carboxylic acids is 1. The number of aromatic carboxylic acids is 1. The second-order valence-corrected chi connectivity index (χ2v) is 6.75. The van der Waals surface area contributed by atoms with E-state index in [-0.39, 0.29) is 17.0 Å². The molecule has 3 N–H and O–H groups in total. The van der Waals surface area contributed by atoms with Gasteiger partial charge in [-0.05, 0) is 37.1 Å². The van der Waals surface area contributed by atoms with Crippen molar-refractivity contribution >= 4 is 21.9 Å². The molecule has 0 aliphatic carbocycles. The fraction of sp³-hybridized carbons (Fsp3) is 0.385. The molecule has 1 aliphatic heterocycles. The van der Waals surface area contributed by atoms with E-state index in [2.05, 4.69) is 0 Å². The summed E-state index contributed by atoms with van der Waals surface area (Å²) in [5, 5.41) is 8.82. The molecule has 1 heterocycles. The Kier molecular flexibility index (Phi) is 4.29. The third-order valence-electron chi connectivity index (χ3n) is 3.49. The molecular weight excluding hydrogens is 296 g/mol. The summed E-state index contributed by atoms with van der Waals surface area (Å²) in [5.74, 6) is -1.80. The standard InChI is InChI=1S/C13H16N2O5S/c14-12(16)11-3-1-2-8-15(11)21(19,20)10-6-4-9(5-7-10)13(17)18/h4-7,11H,1-3,8H2,(H2,14,16)(H,17,18). The largest absolute Gasteiger partial charge is 0.478 e. The van der Waals surface area contributed by atoms with Crippen LogP contribution in [0.15, 0.2) is 29.2 Å². The topological polar surface area (TPSA) is 118 Å². The lowest BCUT2D eigenvalue weighted by molar-refractivity contribution is -0.122. The highest BCUT2D eigenvalue weighted by molar-refractivity contribution is 7.89. The molecule has 1 amide bonds. The first kappa shape index (κ1) is 15.5. The Labute approximate surface area is 122 Å². The van der Waals surface area contributed by atoms with E-state index in [0.29, 0.717) is 12.8 Å². The van der Waals surface area contributed by atoms with Gasteiger partial charge in [-0.3, -0.25) is 4.79 Å². The number of nitrogens with two attached hydrogens (primary N) is 1. The zero-order valence-corrected chi connectivity index (χ0v) is 12.0. The Bertz CT molecular complexity index is 654. The van der Waals surface area contributed by atoms with Crippen molar-refractivity contribution in [3.63, 3.8) is 0 Å². The number of carbonyl (C=O) groups is 2. The first-order valence-corrected chi connectivity index (χ1v) is 7.92. The van der Waals surface area contributed by atoms with Crippen LogP contribution < -0.4 is 5.73 Å². The fourth-order valence-corrected chi connectivity index (χ4v) is 4.05. The zero-order valence-electron chi connectivity index (χ0n) is 11.2. The van der Waals surface area contributed by atoms with Crippen LogP contribution in [0.3, 0.4) is 0 Å². The molecule has 114 valence electrons. The Hall–Kier alpha value is -1.93. The second kappa shape index (κ2) is 5.82. The van der Waals surface area contributed by atoms with Crippen LogP contribution in [0.2, 0.25) is 0 Å². The molecular formula is C13H16N2O5S. The smallest absolute Gasteiger partial charge is 0.335 e. The molecule has 1 aromatic rings. The molecule has 1 atom stereocenters. The maximum atomic E-state index is 12.6. The van der Waals surface area contributed by atoms with Crippen LogP contribution in [0.5, 0.6) is 0 Å². The number of hydrogen-bond donors (Lipinski definition) is 2. The van der Waals surface area contributed by atoms with Crippen LogP contribution in [-0.2, 0) is 14.8 Å². The number of hydrogen-bond acceptors (Lipinski definition) is 4. The third-order valence-corrected chi connectivity index (χ3v) is 5.41. The summed E-state index contributed by atoms with van der Waals surface area (Å²) in [7, 11) is -3.86. The number of rotatable bonds is 4. The summed E-state index contributed by atoms with van der Waals surface area (Å²) < 4.78 is 26.2. The van der Waals surface area contributed by atoms with Gasteiger partial charge in [0.05, 0.1) is 10.5 Å². The molecule has 0 bridgehead atoms. The molecule has 2 rings (SSSR count). The molecule has 1 fully saturated rings. The van der Waals surface area contributed by atoms with Gasteiger partial charge in [0.15, 0.2) is 0 Å². The lowest BCUT2D eigenvalue weighted by Gasteiger charge is -2.32. The Morgan fingerprint density at radius 1 is 1.19 bits per heavy atom. The molecule has 1 unspecified atom stereocenters. The highest BCUT2D eigenvalue weighted by Crippen LogP contribution is 2.25. The number of piperidine rings is 1. The van der Waals surface area contributed by atoms with Crippen LogP contribution in [0.4, 0.5) is 0 Å². The van der Waals surface area contributed by atoms with Crippen molar-refractivity contribution in [2.24, 2.45) is 5.73 Å². The third kappa shape index (κ3) is 3.06. The van der Waals surface area contributed by atoms with Crippen molar-refractivity contribution in [2.75, 3.05) is 6.54 Å². The lowest BCUT2D eigenvalue weighted by atomic mass is 10.0. The van der Waals surface area contributed by atoms with Gasteiger partial charge in [0.25, 0.3) is 0 Å². The molecule has 0 radical (unpaired) electrons. The van der Waals surface area contributed by atoms with Gasteiger partial charge >= 0.3 is 5.97 Å². The van der Waals surface area contributed by atoms with Gasteiger partial charge in [0.1, 0.15) is 6.04 Å². The van der Waals surface area contributed by atoms with Crippen molar-refractivity contribution < 1.29 is 23.1 Å². The predicted molar refractivity (Wildman–Crippen MR) is 74.1 cm³/mol. The van der Waals surface area contributed by atoms with Crippen molar-refractivity contribution in [1.29, 1.82) is 0 Å². The zero-order chi connectivity index (χ0) is 15.6. The van der Waals surface area contributed by atoms with E-state index in [4.69, 9.17) is 10.8 Å². The summed E-state index contributed by atoms with van der Waals surface area (Å²) in [5.41, 5.74) is 5.27. The minimum atomic E-state index is -3.86. The number of carbonyl (C=O) groups excluding carboxylic acids is 1. The van der Waals surface area contributed by atoms with Crippen LogP contribution in [0, 0.1) is 0 Å². The number of sulfonamides is 1. The van der Waals surface area contributed by atoms with Crippen molar-refractivity contribution in [2.45, 2.75) is 30.2 Å². The first-order chi connectivity index (χ1) is 9.84. The highest BCUT2D eigenvalue weighted by atomic mass is 32.2. The van der Waals surface area contributed by atoms with E-state index >= 15 is 0 Å². The molecule has 7 nitrogen and oxygen atoms in total. The number of amides is 1. The monoisotopic (exact) mass is 312 g/mol. The molecule has 1 aromatic carbocycles. The van der Waals surface area contributed by atoms with Crippen LogP contribution >= 0.6 is 0 Å². The van der Waals surface area contributed by atoms with E-state index in [1.54, 1.807) is 0 Å². The summed E-state index contributed by atoms with van der Waals surface area (Å²) in [6.45, 7) is 0.233. The molecule has 1 saturated heterocycles. The van der Waals surface area contributed by atoms with Gasteiger partial charge in [-0.2, -0.15) is 4.31 Å². The van der Waals surface area contributed by atoms with E-state index < -0.39 is 27.9 Å². The van der Waals surface area contributed by atoms with Gasteiger partial charge in [-0.25, -0.2) is 13.2 Å². The average Bonchev–Trinajstić information content (AvgIpc) is 2.47. The maximum Gasteiger partial charge on any atom is 0.335 e. The normalized spacial score (nSPS) is 20.1. The first-order valence-electron chi connectivity index (χ1n) is 6.48. The van der Waals surface area contributed by atoms with E-state index in [9.17, 15) is 18.0 Å². The van der Waals surface area contributed by atoms with E-state index in [1.165, 1.54) is 24.3 Å². The quantitative estimate of drug-likeness (QED) is 0.835. The highest BCUT2D eigenvalue weighted by Gasteiger charge is 2.36. The maximum absolute atomic E-state index is 12.6. The number of benzene rings is 1. The van der Waals surface area contributed by atoms with Crippen LogP contribution in [0.1, 0.15) is 29.6 Å². The summed E-state index contributed by atoms with van der Waals surface area (Å²) in [6, 6.07) is 4.05. The van der Waals surface area contributed by atoms with Crippen LogP contribution in [-0.4, -0.2) is 42.3 Å². The molecule has 8 heteroatoms. The summed E-state index contributed by atoms with van der Waals surface area (Å²) in [6.07, 6.45) is 1.82. The Balaban J connectivity index is 2.35. The van der Waals surface area contributed by atoms with Gasteiger partial charge in [-0.15, -0.1) is 0 Å². The number of primary amides is 1. The van der Waals surface area contributed by atoms with Gasteiger partial charge in [-0.1, -0.05) is 6.42 Å². The number of carboxylic acid groups (broad SMARTS) is 1. The molecule has 1 aliphatic rings. The number of nitrogens with zero attached hydrogens (tertiary/aromatic N) is 1.